The molecule has 0 aliphatic carbocycles. The van der Waals surface area contributed by atoms with E-state index in [2.05, 4.69) is 5.32 Å². The number of carbonyl (C=O) groups is 1. The van der Waals surface area contributed by atoms with Gasteiger partial charge in [-0.05, 0) is 40.8 Å². The highest BCUT2D eigenvalue weighted by Crippen LogP contribution is 2.31. The molecule has 0 saturated carbocycles. The molecule has 1 aromatic heterocycles. The maximum atomic E-state index is 13.1. The number of hydrogen-bond donors (Lipinski definition) is 1. The molecule has 0 unspecified atom stereocenters. The number of benzene rings is 3. The van der Waals surface area contributed by atoms with Gasteiger partial charge in [0.2, 0.25) is 10.0 Å². The summed E-state index contributed by atoms with van der Waals surface area (Å²) in [7, 11) is -1.84. The Kier molecular flexibility index (Phi) is 5.80. The third-order valence-corrected chi connectivity index (χ3v) is 7.45. The van der Waals surface area contributed by atoms with Crippen molar-refractivity contribution in [3.63, 3.8) is 0 Å². The summed E-state index contributed by atoms with van der Waals surface area (Å²) in [5.41, 5.74) is 2.56. The molecule has 158 valence electrons. The lowest BCUT2D eigenvalue weighted by Crippen LogP contribution is -2.28. The van der Waals surface area contributed by atoms with Crippen LogP contribution in [0.1, 0.15) is 26.8 Å². The number of amides is 1. The summed E-state index contributed by atoms with van der Waals surface area (Å²) in [5, 5.41) is 3.99. The SMILES string of the molecule is CN(c1ccc2sc(C(=O)NC(c3ccccc3)c3ccccc3)cc2c1)S(C)(=O)=O. The molecule has 1 heterocycles. The number of anilines is 1. The van der Waals surface area contributed by atoms with E-state index in [9.17, 15) is 13.2 Å². The maximum absolute atomic E-state index is 13.1. The van der Waals surface area contributed by atoms with Gasteiger partial charge in [-0.3, -0.25) is 9.10 Å². The van der Waals surface area contributed by atoms with Crippen molar-refractivity contribution in [1.29, 1.82) is 0 Å². The number of thiophene rings is 1. The third kappa shape index (κ3) is 4.62. The van der Waals surface area contributed by atoms with Crippen LogP contribution in [0.25, 0.3) is 10.1 Å². The first kappa shape index (κ1) is 21.1. The topological polar surface area (TPSA) is 66.5 Å². The van der Waals surface area contributed by atoms with Crippen LogP contribution in [0.15, 0.2) is 84.9 Å². The lowest BCUT2D eigenvalue weighted by atomic mass is 9.98. The molecule has 0 radical (unpaired) electrons. The van der Waals surface area contributed by atoms with Crippen LogP contribution in [0, 0.1) is 0 Å². The van der Waals surface area contributed by atoms with Crippen molar-refractivity contribution < 1.29 is 13.2 Å². The Labute approximate surface area is 186 Å². The lowest BCUT2D eigenvalue weighted by Gasteiger charge is -2.19. The molecule has 0 aliphatic rings. The average Bonchev–Trinajstić information content (AvgIpc) is 3.21. The zero-order valence-electron chi connectivity index (χ0n) is 17.1. The van der Waals surface area contributed by atoms with Crippen molar-refractivity contribution in [3.05, 3.63) is 101 Å². The second-order valence-electron chi connectivity index (χ2n) is 7.29. The van der Waals surface area contributed by atoms with Gasteiger partial charge in [-0.2, -0.15) is 0 Å². The summed E-state index contributed by atoms with van der Waals surface area (Å²) in [6, 6.07) is 26.6. The van der Waals surface area contributed by atoms with E-state index < -0.39 is 10.0 Å². The normalized spacial score (nSPS) is 11.6. The minimum atomic E-state index is -3.35. The van der Waals surface area contributed by atoms with Gasteiger partial charge in [0, 0.05) is 11.7 Å². The molecular weight excluding hydrogens is 428 g/mol. The van der Waals surface area contributed by atoms with Gasteiger partial charge < -0.3 is 5.32 Å². The zero-order chi connectivity index (χ0) is 22.0. The second kappa shape index (κ2) is 8.53. The van der Waals surface area contributed by atoms with Crippen molar-refractivity contribution in [3.8, 4) is 0 Å². The quantitative estimate of drug-likeness (QED) is 0.458. The summed E-state index contributed by atoms with van der Waals surface area (Å²) in [6.45, 7) is 0. The van der Waals surface area contributed by atoms with Crippen LogP contribution in [-0.2, 0) is 10.0 Å². The Morgan fingerprint density at radius 1 is 0.903 bits per heavy atom. The summed E-state index contributed by atoms with van der Waals surface area (Å²) in [4.78, 5) is 13.7. The van der Waals surface area contributed by atoms with Gasteiger partial charge >= 0.3 is 0 Å². The van der Waals surface area contributed by atoms with Crippen molar-refractivity contribution in [2.45, 2.75) is 6.04 Å². The number of rotatable bonds is 6. The molecule has 0 spiro atoms. The van der Waals surface area contributed by atoms with Crippen LogP contribution in [0.5, 0.6) is 0 Å². The van der Waals surface area contributed by atoms with Gasteiger partial charge in [-0.15, -0.1) is 11.3 Å². The smallest absolute Gasteiger partial charge is 0.262 e. The number of sulfonamides is 1. The monoisotopic (exact) mass is 450 g/mol. The molecule has 3 aromatic carbocycles. The molecule has 0 aliphatic heterocycles. The predicted octanol–water partition coefficient (Wildman–Crippen LogP) is 4.82. The van der Waals surface area contributed by atoms with E-state index in [1.54, 1.807) is 12.1 Å². The fourth-order valence-electron chi connectivity index (χ4n) is 3.38. The predicted molar refractivity (Wildman–Crippen MR) is 127 cm³/mol. The van der Waals surface area contributed by atoms with Gasteiger partial charge in [0.05, 0.1) is 22.9 Å². The highest BCUT2D eigenvalue weighted by Gasteiger charge is 2.20. The number of carbonyl (C=O) groups excluding carboxylic acids is 1. The van der Waals surface area contributed by atoms with Crippen LogP contribution in [-0.4, -0.2) is 27.6 Å². The number of hydrogen-bond acceptors (Lipinski definition) is 4. The maximum Gasteiger partial charge on any atom is 0.262 e. The van der Waals surface area contributed by atoms with Gasteiger partial charge in [-0.25, -0.2) is 8.42 Å². The van der Waals surface area contributed by atoms with Gasteiger partial charge in [0.15, 0.2) is 0 Å². The van der Waals surface area contributed by atoms with Gasteiger partial charge in [0.25, 0.3) is 5.91 Å². The van der Waals surface area contributed by atoms with Gasteiger partial charge in [0.1, 0.15) is 0 Å². The first-order valence-electron chi connectivity index (χ1n) is 9.71. The molecule has 0 atom stereocenters. The second-order valence-corrected chi connectivity index (χ2v) is 10.4. The fraction of sp³-hybridized carbons (Fsp3) is 0.125. The summed E-state index contributed by atoms with van der Waals surface area (Å²) < 4.78 is 25.8. The summed E-state index contributed by atoms with van der Waals surface area (Å²) in [5.74, 6) is -0.170. The van der Waals surface area contributed by atoms with Crippen molar-refractivity contribution in [2.24, 2.45) is 0 Å². The van der Waals surface area contributed by atoms with E-state index in [0.29, 0.717) is 10.6 Å². The third-order valence-electron chi connectivity index (χ3n) is 5.13. The molecule has 1 amide bonds. The van der Waals surface area contributed by atoms with E-state index in [-0.39, 0.29) is 11.9 Å². The minimum absolute atomic E-state index is 0.170. The largest absolute Gasteiger partial charge is 0.340 e. The molecular formula is C24H22N2O3S2. The van der Waals surface area contributed by atoms with Crippen LogP contribution in [0.3, 0.4) is 0 Å². The van der Waals surface area contributed by atoms with E-state index in [4.69, 9.17) is 0 Å². The van der Waals surface area contributed by atoms with E-state index >= 15 is 0 Å². The Morgan fingerprint density at radius 3 is 2.03 bits per heavy atom. The summed E-state index contributed by atoms with van der Waals surface area (Å²) in [6.07, 6.45) is 1.16. The minimum Gasteiger partial charge on any atom is -0.340 e. The fourth-order valence-corrected chi connectivity index (χ4v) is 4.83. The Morgan fingerprint density at radius 2 is 1.48 bits per heavy atom. The van der Waals surface area contributed by atoms with Crippen molar-refractivity contribution >= 4 is 43.0 Å². The Bertz CT molecular complexity index is 1280. The molecule has 5 nitrogen and oxygen atoms in total. The van der Waals surface area contributed by atoms with Crippen LogP contribution < -0.4 is 9.62 Å². The first-order chi connectivity index (χ1) is 14.8. The number of nitrogens with zero attached hydrogens (tertiary/aromatic N) is 1. The van der Waals surface area contributed by atoms with Gasteiger partial charge in [-0.1, -0.05) is 60.7 Å². The average molecular weight is 451 g/mol. The Hall–Kier alpha value is -3.16. The van der Waals surface area contributed by atoms with Crippen LogP contribution in [0.2, 0.25) is 0 Å². The molecule has 1 N–H and O–H groups in total. The molecule has 4 rings (SSSR count). The molecule has 0 saturated heterocycles. The standard InChI is InChI=1S/C24H22N2O3S2/c1-26(31(2,28)29)20-13-14-21-19(15-20)16-22(30-21)24(27)25-23(17-9-5-3-6-10-17)18-11-7-4-8-12-18/h3-16,23H,1-2H3,(H,25,27). The highest BCUT2D eigenvalue weighted by molar-refractivity contribution is 7.92. The Balaban J connectivity index is 1.65. The first-order valence-corrected chi connectivity index (χ1v) is 12.4. The van der Waals surface area contributed by atoms with E-state index in [1.165, 1.54) is 22.7 Å². The van der Waals surface area contributed by atoms with E-state index in [0.717, 1.165) is 27.5 Å². The van der Waals surface area contributed by atoms with Crippen LogP contribution >= 0.6 is 11.3 Å². The summed E-state index contributed by atoms with van der Waals surface area (Å²) >= 11 is 1.39. The lowest BCUT2D eigenvalue weighted by molar-refractivity contribution is 0.0947. The van der Waals surface area contributed by atoms with Crippen molar-refractivity contribution in [1.82, 2.24) is 5.32 Å². The number of nitrogens with one attached hydrogen (secondary N) is 1. The van der Waals surface area contributed by atoms with Crippen LogP contribution in [0.4, 0.5) is 5.69 Å². The number of fused-ring (bicyclic) bond motifs is 1. The van der Waals surface area contributed by atoms with E-state index in [1.807, 2.05) is 72.8 Å². The van der Waals surface area contributed by atoms with Crippen molar-refractivity contribution in [2.75, 3.05) is 17.6 Å². The molecule has 7 heteroatoms. The highest BCUT2D eigenvalue weighted by atomic mass is 32.2. The molecule has 4 aromatic rings. The molecule has 0 bridgehead atoms. The molecule has 0 fully saturated rings. The molecule has 31 heavy (non-hydrogen) atoms. The zero-order valence-corrected chi connectivity index (χ0v) is 18.8.